The van der Waals surface area contributed by atoms with Gasteiger partial charge in [-0.05, 0) is 57.8 Å². The summed E-state index contributed by atoms with van der Waals surface area (Å²) in [5.74, 6) is -0.00886. The zero-order valence-electron chi connectivity index (χ0n) is 13.6. The minimum absolute atomic E-state index is 0.0396. The fourth-order valence-electron chi connectivity index (χ4n) is 2.88. The van der Waals surface area contributed by atoms with Gasteiger partial charge in [-0.15, -0.1) is 0 Å². The Morgan fingerprint density at radius 1 is 1.18 bits per heavy atom. The minimum Gasteiger partial charge on any atom is -0.324 e. The van der Waals surface area contributed by atoms with Crippen LogP contribution < -0.4 is 16.0 Å². The second-order valence-electron chi connectivity index (χ2n) is 6.11. The summed E-state index contributed by atoms with van der Waals surface area (Å²) in [5, 5.41) is 9.53. The first-order chi connectivity index (χ1) is 10.4. The van der Waals surface area contributed by atoms with Crippen molar-refractivity contribution in [1.29, 1.82) is 0 Å². The molecule has 1 aliphatic rings. The van der Waals surface area contributed by atoms with Gasteiger partial charge in [-0.2, -0.15) is 0 Å². The highest BCUT2D eigenvalue weighted by Gasteiger charge is 2.39. The lowest BCUT2D eigenvalue weighted by atomic mass is 9.86. The van der Waals surface area contributed by atoms with Crippen LogP contribution in [0.1, 0.15) is 30.9 Å². The van der Waals surface area contributed by atoms with Crippen molar-refractivity contribution >= 4 is 17.4 Å². The number of piperidine rings is 1. The van der Waals surface area contributed by atoms with Crippen LogP contribution in [-0.2, 0) is 9.59 Å². The Balaban J connectivity index is 2.20. The number of hydrogen-bond acceptors (Lipinski definition) is 4. The topological polar surface area (TPSA) is 70.2 Å². The number of ketones is 1. The second-order valence-corrected chi connectivity index (χ2v) is 6.11. The third kappa shape index (κ3) is 3.72. The number of nitrogens with one attached hydrogen (secondary N) is 3. The molecule has 0 atom stereocenters. The first-order valence-electron chi connectivity index (χ1n) is 7.77. The number of para-hydroxylation sites is 1. The lowest BCUT2D eigenvalue weighted by Crippen LogP contribution is -2.60. The van der Waals surface area contributed by atoms with E-state index in [1.807, 2.05) is 32.0 Å². The van der Waals surface area contributed by atoms with E-state index in [-0.39, 0.29) is 18.2 Å². The molecule has 1 fully saturated rings. The van der Waals surface area contributed by atoms with E-state index in [0.717, 1.165) is 29.9 Å². The van der Waals surface area contributed by atoms with E-state index in [4.69, 9.17) is 0 Å². The number of anilines is 1. The van der Waals surface area contributed by atoms with Crippen LogP contribution in [-0.4, -0.2) is 36.9 Å². The van der Waals surface area contributed by atoms with Crippen LogP contribution in [0.15, 0.2) is 18.2 Å². The molecule has 1 aromatic rings. The molecule has 2 rings (SSSR count). The van der Waals surface area contributed by atoms with Crippen LogP contribution >= 0.6 is 0 Å². The predicted octanol–water partition coefficient (Wildman–Crippen LogP) is 1.54. The zero-order valence-corrected chi connectivity index (χ0v) is 13.6. The number of amides is 1. The quantitative estimate of drug-likeness (QED) is 0.772. The van der Waals surface area contributed by atoms with Crippen LogP contribution in [0.3, 0.4) is 0 Å². The van der Waals surface area contributed by atoms with Gasteiger partial charge in [0.25, 0.3) is 0 Å². The van der Waals surface area contributed by atoms with Crippen LogP contribution in [0.4, 0.5) is 5.69 Å². The first-order valence-corrected chi connectivity index (χ1v) is 7.77. The summed E-state index contributed by atoms with van der Waals surface area (Å²) in [6.07, 6.45) is 1.36. The Kier molecular flexibility index (Phi) is 5.32. The molecule has 1 saturated heterocycles. The second kappa shape index (κ2) is 7.03. The highest BCUT2D eigenvalue weighted by atomic mass is 16.2. The molecule has 0 unspecified atom stereocenters. The lowest BCUT2D eigenvalue weighted by molar-refractivity contribution is -0.124. The van der Waals surface area contributed by atoms with Gasteiger partial charge in [0.1, 0.15) is 11.3 Å². The van der Waals surface area contributed by atoms with Crippen molar-refractivity contribution in [3.8, 4) is 0 Å². The molecule has 0 radical (unpaired) electrons. The van der Waals surface area contributed by atoms with E-state index >= 15 is 0 Å². The van der Waals surface area contributed by atoms with Crippen LogP contribution in [0.5, 0.6) is 0 Å². The molecular weight excluding hydrogens is 278 g/mol. The largest absolute Gasteiger partial charge is 0.324 e. The Morgan fingerprint density at radius 2 is 1.77 bits per heavy atom. The summed E-state index contributed by atoms with van der Waals surface area (Å²) >= 11 is 0. The zero-order chi connectivity index (χ0) is 16.2. The number of hydrogen-bond donors (Lipinski definition) is 3. The fourth-order valence-corrected chi connectivity index (χ4v) is 2.88. The average molecular weight is 303 g/mol. The van der Waals surface area contributed by atoms with Gasteiger partial charge in [-0.25, -0.2) is 0 Å². The van der Waals surface area contributed by atoms with Gasteiger partial charge in [0, 0.05) is 5.69 Å². The van der Waals surface area contributed by atoms with Crippen LogP contribution in [0.2, 0.25) is 0 Å². The Morgan fingerprint density at radius 3 is 2.32 bits per heavy atom. The number of aryl methyl sites for hydroxylation is 2. The van der Waals surface area contributed by atoms with Gasteiger partial charge in [0.05, 0.1) is 6.54 Å². The SMILES string of the molecule is CC(=O)CNC1(C(=O)Nc2c(C)cccc2C)CCNCC1. The van der Waals surface area contributed by atoms with Crippen molar-refractivity contribution in [3.63, 3.8) is 0 Å². The molecule has 1 heterocycles. The maximum Gasteiger partial charge on any atom is 0.244 e. The third-order valence-corrected chi connectivity index (χ3v) is 4.29. The average Bonchev–Trinajstić information content (AvgIpc) is 2.50. The molecule has 22 heavy (non-hydrogen) atoms. The standard InChI is InChI=1S/C17H25N3O2/c1-12-5-4-6-13(2)15(12)20-16(22)17(19-11-14(3)21)7-9-18-10-8-17/h4-6,18-19H,7-11H2,1-3H3,(H,20,22). The molecule has 0 aromatic heterocycles. The van der Waals surface area contributed by atoms with E-state index < -0.39 is 5.54 Å². The van der Waals surface area contributed by atoms with Crippen molar-refractivity contribution in [3.05, 3.63) is 29.3 Å². The smallest absolute Gasteiger partial charge is 0.244 e. The molecule has 1 aliphatic heterocycles. The van der Waals surface area contributed by atoms with Crippen LogP contribution in [0, 0.1) is 13.8 Å². The molecule has 3 N–H and O–H groups in total. The Labute approximate surface area is 131 Å². The van der Waals surface area contributed by atoms with E-state index in [1.165, 1.54) is 6.92 Å². The third-order valence-electron chi connectivity index (χ3n) is 4.29. The van der Waals surface area contributed by atoms with Gasteiger partial charge in [0.2, 0.25) is 5.91 Å². The number of carbonyl (C=O) groups excluding carboxylic acids is 2. The maximum absolute atomic E-state index is 12.9. The van der Waals surface area contributed by atoms with E-state index in [2.05, 4.69) is 16.0 Å². The summed E-state index contributed by atoms with van der Waals surface area (Å²) < 4.78 is 0. The fraction of sp³-hybridized carbons (Fsp3) is 0.529. The van der Waals surface area contributed by atoms with Crippen LogP contribution in [0.25, 0.3) is 0 Å². The Hall–Kier alpha value is -1.72. The molecule has 5 nitrogen and oxygen atoms in total. The molecule has 0 aliphatic carbocycles. The summed E-state index contributed by atoms with van der Waals surface area (Å²) in [5.41, 5.74) is 2.29. The minimum atomic E-state index is -0.675. The molecule has 5 heteroatoms. The van der Waals surface area contributed by atoms with Crippen molar-refractivity contribution in [2.45, 2.75) is 39.2 Å². The summed E-state index contributed by atoms with van der Waals surface area (Å²) in [4.78, 5) is 24.2. The van der Waals surface area contributed by atoms with Crippen molar-refractivity contribution in [2.75, 3.05) is 25.0 Å². The van der Waals surface area contributed by atoms with Gasteiger partial charge < -0.3 is 10.6 Å². The van der Waals surface area contributed by atoms with Gasteiger partial charge >= 0.3 is 0 Å². The molecule has 0 saturated carbocycles. The van der Waals surface area contributed by atoms with Gasteiger partial charge in [-0.1, -0.05) is 18.2 Å². The van der Waals surface area contributed by atoms with Gasteiger partial charge in [-0.3, -0.25) is 14.9 Å². The molecule has 0 bridgehead atoms. The monoisotopic (exact) mass is 303 g/mol. The van der Waals surface area contributed by atoms with Crippen molar-refractivity contribution in [1.82, 2.24) is 10.6 Å². The summed E-state index contributed by atoms with van der Waals surface area (Å²) in [6, 6.07) is 5.95. The lowest BCUT2D eigenvalue weighted by Gasteiger charge is -2.37. The molecular formula is C17H25N3O2. The number of Topliss-reactive ketones (excluding diaryl/α,β-unsaturated/α-hetero) is 1. The number of carbonyl (C=O) groups is 2. The highest BCUT2D eigenvalue weighted by molar-refractivity contribution is 5.99. The number of rotatable bonds is 5. The van der Waals surface area contributed by atoms with E-state index in [9.17, 15) is 9.59 Å². The predicted molar refractivity (Wildman–Crippen MR) is 88.1 cm³/mol. The normalized spacial score (nSPS) is 17.0. The molecule has 1 amide bonds. The first kappa shape index (κ1) is 16.6. The highest BCUT2D eigenvalue weighted by Crippen LogP contribution is 2.24. The van der Waals surface area contributed by atoms with Crippen molar-refractivity contribution in [2.24, 2.45) is 0 Å². The summed E-state index contributed by atoms with van der Waals surface area (Å²) in [6.45, 7) is 7.27. The van der Waals surface area contributed by atoms with E-state index in [1.54, 1.807) is 0 Å². The molecule has 0 spiro atoms. The van der Waals surface area contributed by atoms with Crippen molar-refractivity contribution < 1.29 is 9.59 Å². The molecule has 1 aromatic carbocycles. The summed E-state index contributed by atoms with van der Waals surface area (Å²) in [7, 11) is 0. The van der Waals surface area contributed by atoms with Gasteiger partial charge in [0.15, 0.2) is 0 Å². The van der Waals surface area contributed by atoms with E-state index in [0.29, 0.717) is 12.8 Å². The maximum atomic E-state index is 12.9. The number of benzene rings is 1. The molecule has 120 valence electrons. The Bertz CT molecular complexity index is 543.